The van der Waals surface area contributed by atoms with E-state index in [2.05, 4.69) is 5.32 Å². The molecule has 1 N–H and O–H groups in total. The average molecular weight is 432 g/mol. The predicted molar refractivity (Wildman–Crippen MR) is 110 cm³/mol. The Bertz CT molecular complexity index is 1050. The SMILES string of the molecule is CCOc1ccc(CNC(=O)CCN2C(=O)c3ccccc3S2(=O)=O)cc1OCC. The third-order valence-corrected chi connectivity index (χ3v) is 6.39. The van der Waals surface area contributed by atoms with Gasteiger partial charge < -0.3 is 14.8 Å². The van der Waals surface area contributed by atoms with E-state index < -0.39 is 15.9 Å². The van der Waals surface area contributed by atoms with Gasteiger partial charge in [-0.25, -0.2) is 12.7 Å². The summed E-state index contributed by atoms with van der Waals surface area (Å²) in [6.07, 6.45) is -0.131. The van der Waals surface area contributed by atoms with E-state index in [1.165, 1.54) is 12.1 Å². The molecule has 0 saturated heterocycles. The molecule has 2 aromatic carbocycles. The zero-order chi connectivity index (χ0) is 21.7. The van der Waals surface area contributed by atoms with E-state index in [0.717, 1.165) is 9.87 Å². The molecule has 2 amide bonds. The van der Waals surface area contributed by atoms with Gasteiger partial charge in [0, 0.05) is 19.5 Å². The summed E-state index contributed by atoms with van der Waals surface area (Å²) in [7, 11) is -3.91. The minimum absolute atomic E-state index is 0.0201. The number of fused-ring (bicyclic) bond motifs is 1. The summed E-state index contributed by atoms with van der Waals surface area (Å²) in [5.41, 5.74) is 0.947. The standard InChI is InChI=1S/C21H24N2O6S/c1-3-28-17-10-9-15(13-18(17)29-4-2)14-22-20(24)11-12-23-21(25)16-7-5-6-8-19(16)30(23,26)27/h5-10,13H,3-4,11-12,14H2,1-2H3,(H,22,24). The summed E-state index contributed by atoms with van der Waals surface area (Å²) < 4.78 is 36.9. The van der Waals surface area contributed by atoms with Crippen molar-refractivity contribution < 1.29 is 27.5 Å². The summed E-state index contributed by atoms with van der Waals surface area (Å²) in [5.74, 6) is 0.261. The van der Waals surface area contributed by atoms with Crippen molar-refractivity contribution in [1.82, 2.24) is 9.62 Å². The number of nitrogens with zero attached hydrogens (tertiary/aromatic N) is 1. The Hall–Kier alpha value is -3.07. The Kier molecular flexibility index (Phi) is 6.61. The smallest absolute Gasteiger partial charge is 0.269 e. The van der Waals surface area contributed by atoms with Gasteiger partial charge in [-0.1, -0.05) is 18.2 Å². The fourth-order valence-corrected chi connectivity index (χ4v) is 4.72. The molecule has 1 aliphatic rings. The normalized spacial score (nSPS) is 14.3. The van der Waals surface area contributed by atoms with Crippen LogP contribution in [0.2, 0.25) is 0 Å². The van der Waals surface area contributed by atoms with E-state index in [4.69, 9.17) is 9.47 Å². The van der Waals surface area contributed by atoms with Crippen molar-refractivity contribution in [3.05, 3.63) is 53.6 Å². The quantitative estimate of drug-likeness (QED) is 0.653. The van der Waals surface area contributed by atoms with Gasteiger partial charge in [-0.15, -0.1) is 0 Å². The van der Waals surface area contributed by atoms with Crippen LogP contribution in [0.4, 0.5) is 0 Å². The van der Waals surface area contributed by atoms with Gasteiger partial charge in [0.25, 0.3) is 15.9 Å². The zero-order valence-electron chi connectivity index (χ0n) is 16.9. The fraction of sp³-hybridized carbons (Fsp3) is 0.333. The molecule has 2 aromatic rings. The van der Waals surface area contributed by atoms with E-state index >= 15 is 0 Å². The Morgan fingerprint density at radius 1 is 1.03 bits per heavy atom. The Morgan fingerprint density at radius 3 is 2.43 bits per heavy atom. The summed E-state index contributed by atoms with van der Waals surface area (Å²) >= 11 is 0. The molecule has 160 valence electrons. The van der Waals surface area contributed by atoms with Crippen molar-refractivity contribution in [2.75, 3.05) is 19.8 Å². The lowest BCUT2D eigenvalue weighted by Gasteiger charge is -2.15. The van der Waals surface area contributed by atoms with Crippen LogP contribution in [0.1, 0.15) is 36.2 Å². The number of sulfonamides is 1. The van der Waals surface area contributed by atoms with Crippen LogP contribution in [0, 0.1) is 0 Å². The molecule has 0 saturated carbocycles. The van der Waals surface area contributed by atoms with E-state index in [-0.39, 0.29) is 35.9 Å². The number of hydrogen-bond acceptors (Lipinski definition) is 6. The molecule has 0 aliphatic carbocycles. The van der Waals surface area contributed by atoms with Gasteiger partial charge in [-0.05, 0) is 43.7 Å². The first-order valence-corrected chi connectivity index (χ1v) is 11.1. The number of benzene rings is 2. The third-order valence-electron chi connectivity index (χ3n) is 4.55. The Morgan fingerprint density at radius 2 is 1.73 bits per heavy atom. The number of carbonyl (C=O) groups is 2. The van der Waals surface area contributed by atoms with Crippen LogP contribution in [0.3, 0.4) is 0 Å². The number of ether oxygens (including phenoxy) is 2. The van der Waals surface area contributed by atoms with E-state index in [0.29, 0.717) is 24.7 Å². The number of amides is 2. The molecule has 0 radical (unpaired) electrons. The molecule has 1 heterocycles. The van der Waals surface area contributed by atoms with Crippen molar-refractivity contribution in [1.29, 1.82) is 0 Å². The molecule has 0 bridgehead atoms. The highest BCUT2D eigenvalue weighted by Crippen LogP contribution is 2.30. The first kappa shape index (κ1) is 21.6. The highest BCUT2D eigenvalue weighted by molar-refractivity contribution is 7.90. The maximum Gasteiger partial charge on any atom is 0.269 e. The molecular formula is C21H24N2O6S. The zero-order valence-corrected chi connectivity index (χ0v) is 17.7. The van der Waals surface area contributed by atoms with Crippen LogP contribution >= 0.6 is 0 Å². The molecule has 3 rings (SSSR count). The molecule has 0 unspecified atom stereocenters. The highest BCUT2D eigenvalue weighted by atomic mass is 32.2. The van der Waals surface area contributed by atoms with E-state index in [1.807, 2.05) is 19.9 Å². The van der Waals surface area contributed by atoms with Crippen LogP contribution in [-0.4, -0.2) is 44.3 Å². The van der Waals surface area contributed by atoms with E-state index in [9.17, 15) is 18.0 Å². The molecular weight excluding hydrogens is 408 g/mol. The molecule has 30 heavy (non-hydrogen) atoms. The number of rotatable bonds is 9. The van der Waals surface area contributed by atoms with Crippen molar-refractivity contribution in [2.24, 2.45) is 0 Å². The number of carbonyl (C=O) groups excluding carboxylic acids is 2. The van der Waals surface area contributed by atoms with E-state index in [1.54, 1.807) is 24.3 Å². The molecule has 0 atom stereocenters. The lowest BCUT2D eigenvalue weighted by Crippen LogP contribution is -2.34. The second-order valence-electron chi connectivity index (χ2n) is 6.55. The van der Waals surface area contributed by atoms with Gasteiger partial charge in [0.1, 0.15) is 4.90 Å². The second kappa shape index (κ2) is 9.17. The van der Waals surface area contributed by atoms with Crippen LogP contribution in [-0.2, 0) is 21.4 Å². The van der Waals surface area contributed by atoms with Gasteiger partial charge in [0.2, 0.25) is 5.91 Å². The molecule has 9 heteroatoms. The highest BCUT2D eigenvalue weighted by Gasteiger charge is 2.40. The molecule has 1 aliphatic heterocycles. The maximum atomic E-state index is 12.5. The first-order valence-electron chi connectivity index (χ1n) is 9.69. The van der Waals surface area contributed by atoms with Crippen molar-refractivity contribution >= 4 is 21.8 Å². The predicted octanol–water partition coefficient (Wildman–Crippen LogP) is 2.34. The fourth-order valence-electron chi connectivity index (χ4n) is 3.15. The monoisotopic (exact) mass is 432 g/mol. The lowest BCUT2D eigenvalue weighted by atomic mass is 10.2. The summed E-state index contributed by atoms with van der Waals surface area (Å²) in [6.45, 7) is 4.78. The first-order chi connectivity index (χ1) is 14.4. The lowest BCUT2D eigenvalue weighted by molar-refractivity contribution is -0.121. The second-order valence-corrected chi connectivity index (χ2v) is 8.38. The van der Waals surface area contributed by atoms with Gasteiger partial charge in [0.05, 0.1) is 18.8 Å². The summed E-state index contributed by atoms with van der Waals surface area (Å²) in [6, 6.07) is 11.4. The van der Waals surface area contributed by atoms with Crippen molar-refractivity contribution in [3.63, 3.8) is 0 Å². The summed E-state index contributed by atoms with van der Waals surface area (Å²) in [5, 5.41) is 2.74. The third kappa shape index (κ3) is 4.40. The Balaban J connectivity index is 1.58. The minimum atomic E-state index is -3.91. The maximum absolute atomic E-state index is 12.5. The van der Waals surface area contributed by atoms with Crippen LogP contribution in [0.25, 0.3) is 0 Å². The van der Waals surface area contributed by atoms with Gasteiger partial charge in [-0.2, -0.15) is 0 Å². The summed E-state index contributed by atoms with van der Waals surface area (Å²) in [4.78, 5) is 24.6. The average Bonchev–Trinajstić information content (AvgIpc) is 2.92. The van der Waals surface area contributed by atoms with Crippen molar-refractivity contribution in [2.45, 2.75) is 31.7 Å². The number of hydrogen-bond donors (Lipinski definition) is 1. The minimum Gasteiger partial charge on any atom is -0.490 e. The van der Waals surface area contributed by atoms with Crippen molar-refractivity contribution in [3.8, 4) is 11.5 Å². The molecule has 0 fully saturated rings. The van der Waals surface area contributed by atoms with Crippen LogP contribution < -0.4 is 14.8 Å². The molecule has 8 nitrogen and oxygen atoms in total. The topological polar surface area (TPSA) is 102 Å². The van der Waals surface area contributed by atoms with Gasteiger partial charge >= 0.3 is 0 Å². The number of nitrogens with one attached hydrogen (secondary N) is 1. The largest absolute Gasteiger partial charge is 0.490 e. The van der Waals surface area contributed by atoms with Crippen LogP contribution in [0.15, 0.2) is 47.4 Å². The van der Waals surface area contributed by atoms with Crippen LogP contribution in [0.5, 0.6) is 11.5 Å². The van der Waals surface area contributed by atoms with Gasteiger partial charge in [-0.3, -0.25) is 9.59 Å². The molecule has 0 aromatic heterocycles. The van der Waals surface area contributed by atoms with Gasteiger partial charge in [0.15, 0.2) is 11.5 Å². The Labute approximate surface area is 175 Å². The molecule has 0 spiro atoms.